The number of nitrogens with zero attached hydrogens (tertiary/aromatic N) is 4. The monoisotopic (exact) mass is 366 g/mol. The topological polar surface area (TPSA) is 71.1 Å². The van der Waals surface area contributed by atoms with Crippen LogP contribution in [-0.2, 0) is 0 Å². The molecule has 2 rings (SSSR count). The highest BCUT2D eigenvalue weighted by Crippen LogP contribution is 2.24. The van der Waals surface area contributed by atoms with Gasteiger partial charge in [-0.25, -0.2) is 0 Å². The maximum Gasteiger partial charge on any atom is 0.271 e. The van der Waals surface area contributed by atoms with Crippen LogP contribution < -0.4 is 4.90 Å². The van der Waals surface area contributed by atoms with Gasteiger partial charge >= 0.3 is 0 Å². The lowest BCUT2D eigenvalue weighted by Gasteiger charge is -2.22. The largest absolute Gasteiger partial charge is 0.369 e. The summed E-state index contributed by atoms with van der Waals surface area (Å²) >= 11 is 11.6. The molecule has 0 saturated carbocycles. The average Bonchev–Trinajstić information content (AvgIpc) is 2.60. The van der Waals surface area contributed by atoms with E-state index in [1.807, 2.05) is 24.3 Å². The van der Waals surface area contributed by atoms with E-state index in [2.05, 4.69) is 15.1 Å². The minimum Gasteiger partial charge on any atom is -0.369 e. The summed E-state index contributed by atoms with van der Waals surface area (Å²) in [5.41, 5.74) is 2.08. The summed E-state index contributed by atoms with van der Waals surface area (Å²) in [6, 6.07) is 13.5. The number of rotatable bonds is 8. The molecule has 0 aliphatic rings. The summed E-state index contributed by atoms with van der Waals surface area (Å²) in [5, 5.41) is 18.9. The Balaban J connectivity index is 2.10. The molecule has 0 bridgehead atoms. The Bertz CT molecular complexity index is 701. The van der Waals surface area contributed by atoms with E-state index in [0.29, 0.717) is 36.2 Å². The number of alkyl halides is 2. The Kier molecular flexibility index (Phi) is 6.96. The predicted octanol–water partition coefficient (Wildman–Crippen LogP) is 5.29. The number of hydrogen-bond acceptors (Lipinski definition) is 5. The van der Waals surface area contributed by atoms with E-state index in [1.54, 1.807) is 12.1 Å². The lowest BCUT2D eigenvalue weighted by Crippen LogP contribution is -2.27. The summed E-state index contributed by atoms with van der Waals surface area (Å²) in [6.45, 7) is 1.42. The maximum absolute atomic E-state index is 10.7. The molecule has 0 radical (unpaired) electrons. The van der Waals surface area contributed by atoms with Crippen molar-refractivity contribution >= 4 is 46.0 Å². The second-order valence-electron chi connectivity index (χ2n) is 4.86. The van der Waals surface area contributed by atoms with Crippen molar-refractivity contribution in [1.29, 1.82) is 0 Å². The predicted molar refractivity (Wildman–Crippen MR) is 97.4 cm³/mol. The molecular formula is C16H16Cl2N4O2. The highest BCUT2D eigenvalue weighted by molar-refractivity contribution is 6.18. The van der Waals surface area contributed by atoms with Gasteiger partial charge in [0.25, 0.3) is 5.69 Å². The number of hydrogen-bond donors (Lipinski definition) is 0. The van der Waals surface area contributed by atoms with Crippen molar-refractivity contribution in [3.8, 4) is 0 Å². The van der Waals surface area contributed by atoms with Crippen LogP contribution in [0.15, 0.2) is 58.8 Å². The van der Waals surface area contributed by atoms with Crippen LogP contribution in [0, 0.1) is 10.1 Å². The quantitative estimate of drug-likeness (QED) is 0.275. The van der Waals surface area contributed by atoms with Gasteiger partial charge in [0.05, 0.1) is 16.3 Å². The highest BCUT2D eigenvalue weighted by atomic mass is 35.5. The standard InChI is InChI=1S/C16H16Cl2N4O2/c17-8-10-21(11-9-18)15-6-4-13(5-7-15)19-20-14-2-1-3-16(12-14)22(23)24/h1-7,12H,8-11H2. The molecule has 0 saturated heterocycles. The Morgan fingerprint density at radius 2 is 1.58 bits per heavy atom. The van der Waals surface area contributed by atoms with Crippen molar-refractivity contribution in [2.45, 2.75) is 0 Å². The van der Waals surface area contributed by atoms with Gasteiger partial charge in [-0.3, -0.25) is 10.1 Å². The lowest BCUT2D eigenvalue weighted by atomic mass is 10.2. The molecule has 0 heterocycles. The minimum absolute atomic E-state index is 0.0143. The molecule has 0 unspecified atom stereocenters. The Hall–Kier alpha value is -2.18. The van der Waals surface area contributed by atoms with Gasteiger partial charge in [0.15, 0.2) is 0 Å². The van der Waals surface area contributed by atoms with Crippen molar-refractivity contribution in [2.75, 3.05) is 29.7 Å². The van der Waals surface area contributed by atoms with E-state index in [0.717, 1.165) is 5.69 Å². The molecule has 8 heteroatoms. The van der Waals surface area contributed by atoms with Crippen molar-refractivity contribution in [3.05, 3.63) is 58.6 Å². The van der Waals surface area contributed by atoms with E-state index in [1.165, 1.54) is 12.1 Å². The zero-order valence-electron chi connectivity index (χ0n) is 12.8. The van der Waals surface area contributed by atoms with Crippen molar-refractivity contribution in [3.63, 3.8) is 0 Å². The third kappa shape index (κ3) is 5.18. The zero-order valence-corrected chi connectivity index (χ0v) is 14.3. The number of azo groups is 1. The Morgan fingerprint density at radius 1 is 0.958 bits per heavy atom. The molecule has 0 N–H and O–H groups in total. The minimum atomic E-state index is -0.462. The molecular weight excluding hydrogens is 351 g/mol. The lowest BCUT2D eigenvalue weighted by molar-refractivity contribution is -0.384. The molecule has 0 fully saturated rings. The van der Waals surface area contributed by atoms with Gasteiger partial charge in [0.2, 0.25) is 0 Å². The summed E-state index contributed by atoms with van der Waals surface area (Å²) in [4.78, 5) is 12.4. The molecule has 126 valence electrons. The van der Waals surface area contributed by atoms with E-state index < -0.39 is 4.92 Å². The fourth-order valence-electron chi connectivity index (χ4n) is 2.09. The van der Waals surface area contributed by atoms with Crippen molar-refractivity contribution in [2.24, 2.45) is 10.2 Å². The summed E-state index contributed by atoms with van der Waals surface area (Å²) in [5.74, 6) is 1.04. The zero-order chi connectivity index (χ0) is 17.4. The van der Waals surface area contributed by atoms with Gasteiger partial charge in [-0.2, -0.15) is 10.2 Å². The van der Waals surface area contributed by atoms with Crippen LogP contribution in [0.5, 0.6) is 0 Å². The first-order valence-corrected chi connectivity index (χ1v) is 8.34. The number of nitro benzene ring substituents is 1. The molecule has 2 aromatic carbocycles. The van der Waals surface area contributed by atoms with Crippen LogP contribution in [0.4, 0.5) is 22.7 Å². The van der Waals surface area contributed by atoms with E-state index in [-0.39, 0.29) is 5.69 Å². The molecule has 0 amide bonds. The van der Waals surface area contributed by atoms with Crippen LogP contribution in [-0.4, -0.2) is 29.8 Å². The number of nitro groups is 1. The number of non-ortho nitro benzene ring substituents is 1. The second-order valence-corrected chi connectivity index (χ2v) is 5.61. The highest BCUT2D eigenvalue weighted by Gasteiger charge is 2.06. The van der Waals surface area contributed by atoms with Gasteiger partial charge in [0.1, 0.15) is 0 Å². The van der Waals surface area contributed by atoms with Crippen LogP contribution in [0.3, 0.4) is 0 Å². The molecule has 0 aromatic heterocycles. The first kappa shape index (κ1) is 18.2. The molecule has 0 aliphatic heterocycles. The normalized spacial score (nSPS) is 10.9. The first-order valence-electron chi connectivity index (χ1n) is 7.27. The molecule has 0 aliphatic carbocycles. The Labute approximate surface area is 149 Å². The van der Waals surface area contributed by atoms with E-state index >= 15 is 0 Å². The van der Waals surface area contributed by atoms with Gasteiger partial charge < -0.3 is 4.90 Å². The van der Waals surface area contributed by atoms with Crippen LogP contribution >= 0.6 is 23.2 Å². The molecule has 6 nitrogen and oxygen atoms in total. The summed E-state index contributed by atoms with van der Waals surface area (Å²) in [7, 11) is 0. The fourth-order valence-corrected chi connectivity index (χ4v) is 2.50. The molecule has 0 spiro atoms. The third-order valence-corrected chi connectivity index (χ3v) is 3.58. The van der Waals surface area contributed by atoms with E-state index in [9.17, 15) is 10.1 Å². The van der Waals surface area contributed by atoms with Gasteiger partial charge in [0, 0.05) is 42.7 Å². The first-order chi connectivity index (χ1) is 11.6. The van der Waals surface area contributed by atoms with Gasteiger partial charge in [-0.15, -0.1) is 23.2 Å². The second kappa shape index (κ2) is 9.20. The molecule has 24 heavy (non-hydrogen) atoms. The van der Waals surface area contributed by atoms with Crippen LogP contribution in [0.2, 0.25) is 0 Å². The Morgan fingerprint density at radius 3 is 2.17 bits per heavy atom. The summed E-state index contributed by atoms with van der Waals surface area (Å²) in [6.07, 6.45) is 0. The summed E-state index contributed by atoms with van der Waals surface area (Å²) < 4.78 is 0. The number of benzene rings is 2. The maximum atomic E-state index is 10.7. The SMILES string of the molecule is O=[N+]([O-])c1cccc(N=Nc2ccc(N(CCCl)CCCl)cc2)c1. The molecule has 2 aromatic rings. The number of anilines is 1. The number of halogens is 2. The van der Waals surface area contributed by atoms with Gasteiger partial charge in [-0.05, 0) is 30.3 Å². The van der Waals surface area contributed by atoms with Gasteiger partial charge in [-0.1, -0.05) is 6.07 Å². The van der Waals surface area contributed by atoms with E-state index in [4.69, 9.17) is 23.2 Å². The molecule has 0 atom stereocenters. The average molecular weight is 367 g/mol. The van der Waals surface area contributed by atoms with Crippen LogP contribution in [0.25, 0.3) is 0 Å². The smallest absolute Gasteiger partial charge is 0.271 e. The fraction of sp³-hybridized carbons (Fsp3) is 0.250. The third-order valence-electron chi connectivity index (χ3n) is 3.25. The van der Waals surface area contributed by atoms with Crippen molar-refractivity contribution in [1.82, 2.24) is 0 Å². The van der Waals surface area contributed by atoms with Crippen molar-refractivity contribution < 1.29 is 4.92 Å². The van der Waals surface area contributed by atoms with Crippen LogP contribution in [0.1, 0.15) is 0 Å².